The van der Waals surface area contributed by atoms with Gasteiger partial charge in [-0.3, -0.25) is 9.69 Å². The van der Waals surface area contributed by atoms with Crippen molar-refractivity contribution >= 4 is 11.7 Å². The van der Waals surface area contributed by atoms with Gasteiger partial charge in [0.1, 0.15) is 0 Å². The van der Waals surface area contributed by atoms with Crippen molar-refractivity contribution in [1.29, 1.82) is 0 Å². The van der Waals surface area contributed by atoms with Gasteiger partial charge in [-0.15, -0.1) is 0 Å². The molecule has 1 aromatic heterocycles. The van der Waals surface area contributed by atoms with Crippen LogP contribution in [0.15, 0.2) is 6.20 Å². The highest BCUT2D eigenvalue weighted by atomic mass is 16.6. The first-order valence-electron chi connectivity index (χ1n) is 7.03. The smallest absolute Gasteiger partial charge is 0.394 e. The molecule has 0 saturated carbocycles. The maximum Gasteiger partial charge on any atom is 0.402 e. The molecule has 1 amide bonds. The quantitative estimate of drug-likeness (QED) is 0.496. The number of likely N-dealkylation sites (N-methyl/N-ethyl adjacent to an activating group) is 1. The molecule has 122 valence electrons. The highest BCUT2D eigenvalue weighted by molar-refractivity contribution is 5.97. The summed E-state index contributed by atoms with van der Waals surface area (Å²) in [4.78, 5) is 26.7. The zero-order valence-corrected chi connectivity index (χ0v) is 12.4. The van der Waals surface area contributed by atoms with Crippen LogP contribution in [0.25, 0.3) is 0 Å². The maximum absolute atomic E-state index is 12.1. The Balaban J connectivity index is 1.98. The minimum absolute atomic E-state index is 0.0902. The second kappa shape index (κ2) is 7.29. The van der Waals surface area contributed by atoms with Gasteiger partial charge >= 0.3 is 5.82 Å². The summed E-state index contributed by atoms with van der Waals surface area (Å²) in [6, 6.07) is 0. The van der Waals surface area contributed by atoms with Gasteiger partial charge in [0.25, 0.3) is 5.91 Å². The van der Waals surface area contributed by atoms with E-state index in [2.05, 4.69) is 20.2 Å². The van der Waals surface area contributed by atoms with Gasteiger partial charge in [0.05, 0.1) is 31.1 Å². The van der Waals surface area contributed by atoms with Crippen molar-refractivity contribution in [3.05, 3.63) is 21.9 Å². The minimum Gasteiger partial charge on any atom is -0.394 e. The molecule has 0 spiro atoms. The Morgan fingerprint density at radius 1 is 1.45 bits per heavy atom. The summed E-state index contributed by atoms with van der Waals surface area (Å²) in [5, 5.41) is 26.2. The van der Waals surface area contributed by atoms with E-state index in [0.29, 0.717) is 6.67 Å². The normalized spacial score (nSPS) is 16.6. The molecule has 2 heterocycles. The number of piperazine rings is 1. The lowest BCUT2D eigenvalue weighted by Gasteiger charge is -2.32. The number of nitro groups is 1. The van der Waals surface area contributed by atoms with Crippen LogP contribution in [0.3, 0.4) is 0 Å². The molecule has 1 saturated heterocycles. The summed E-state index contributed by atoms with van der Waals surface area (Å²) in [5.74, 6) is -1.03. The largest absolute Gasteiger partial charge is 0.402 e. The molecule has 22 heavy (non-hydrogen) atoms. The maximum atomic E-state index is 12.1. The van der Waals surface area contributed by atoms with Gasteiger partial charge in [-0.25, -0.2) is 0 Å². The predicted octanol–water partition coefficient (Wildman–Crippen LogP) is -1.28. The zero-order chi connectivity index (χ0) is 16.1. The van der Waals surface area contributed by atoms with Crippen LogP contribution in [0.1, 0.15) is 10.4 Å². The van der Waals surface area contributed by atoms with Gasteiger partial charge in [0, 0.05) is 26.2 Å². The molecule has 10 nitrogen and oxygen atoms in total. The second-order valence-corrected chi connectivity index (χ2v) is 5.20. The van der Waals surface area contributed by atoms with Crippen LogP contribution < -0.4 is 5.32 Å². The summed E-state index contributed by atoms with van der Waals surface area (Å²) in [7, 11) is 2.04. The minimum atomic E-state index is -0.696. The monoisotopic (exact) mass is 312 g/mol. The highest BCUT2D eigenvalue weighted by Crippen LogP contribution is 2.15. The zero-order valence-electron chi connectivity index (χ0n) is 12.4. The topological polar surface area (TPSA) is 117 Å². The lowest BCUT2D eigenvalue weighted by Crippen LogP contribution is -2.48. The fraction of sp³-hybridized carbons (Fsp3) is 0.667. The number of carbonyl (C=O) groups excluding carboxylic acids is 1. The number of hydrogen-bond acceptors (Lipinski definition) is 7. The summed E-state index contributed by atoms with van der Waals surface area (Å²) in [6.07, 6.45) is 1.29. The molecule has 2 rings (SSSR count). The molecule has 0 aliphatic carbocycles. The molecule has 0 radical (unpaired) electrons. The first-order valence-corrected chi connectivity index (χ1v) is 7.03. The van der Waals surface area contributed by atoms with Crippen molar-refractivity contribution in [3.8, 4) is 0 Å². The molecule has 1 fully saturated rings. The first kappa shape index (κ1) is 16.3. The van der Waals surface area contributed by atoms with Crippen molar-refractivity contribution in [2.45, 2.75) is 6.54 Å². The Bertz CT molecular complexity index is 538. The van der Waals surface area contributed by atoms with Crippen LogP contribution in [-0.2, 0) is 6.54 Å². The third-order valence-corrected chi connectivity index (χ3v) is 3.55. The molecule has 1 aliphatic heterocycles. The third kappa shape index (κ3) is 4.00. The van der Waals surface area contributed by atoms with E-state index in [9.17, 15) is 14.9 Å². The van der Waals surface area contributed by atoms with Crippen molar-refractivity contribution in [1.82, 2.24) is 24.9 Å². The van der Waals surface area contributed by atoms with Crippen molar-refractivity contribution < 1.29 is 14.8 Å². The molecule has 0 bridgehead atoms. The number of carbonyl (C=O) groups is 1. The molecule has 2 N–H and O–H groups in total. The van der Waals surface area contributed by atoms with E-state index >= 15 is 0 Å². The van der Waals surface area contributed by atoms with Gasteiger partial charge in [0.2, 0.25) is 0 Å². The molecule has 1 aliphatic rings. The number of amides is 1. The number of aliphatic hydroxyl groups excluding tert-OH is 1. The van der Waals surface area contributed by atoms with Crippen molar-refractivity contribution in [2.24, 2.45) is 0 Å². The molecule has 1 aromatic rings. The Morgan fingerprint density at radius 3 is 2.73 bits per heavy atom. The van der Waals surface area contributed by atoms with Gasteiger partial charge in [-0.2, -0.15) is 4.68 Å². The first-order chi connectivity index (χ1) is 10.5. The second-order valence-electron chi connectivity index (χ2n) is 5.20. The average molecular weight is 312 g/mol. The van der Waals surface area contributed by atoms with E-state index in [-0.39, 0.29) is 18.7 Å². The van der Waals surface area contributed by atoms with Gasteiger partial charge in [-0.1, -0.05) is 0 Å². The molecular weight excluding hydrogens is 292 g/mol. The lowest BCUT2D eigenvalue weighted by molar-refractivity contribution is -0.390. The van der Waals surface area contributed by atoms with Crippen LogP contribution in [0.2, 0.25) is 0 Å². The fourth-order valence-electron chi connectivity index (χ4n) is 2.21. The van der Waals surface area contributed by atoms with Crippen LogP contribution in [0.4, 0.5) is 5.82 Å². The molecule has 0 atom stereocenters. The lowest BCUT2D eigenvalue weighted by atomic mass is 10.3. The Labute approximate surface area is 127 Å². The van der Waals surface area contributed by atoms with Crippen LogP contribution in [-0.4, -0.2) is 82.0 Å². The third-order valence-electron chi connectivity index (χ3n) is 3.55. The summed E-state index contributed by atoms with van der Waals surface area (Å²) in [6.45, 7) is 3.75. The van der Waals surface area contributed by atoms with Gasteiger partial charge < -0.3 is 25.4 Å². The van der Waals surface area contributed by atoms with Gasteiger partial charge in [-0.05, 0) is 12.0 Å². The van der Waals surface area contributed by atoms with Crippen LogP contribution >= 0.6 is 0 Å². The molecule has 0 unspecified atom stereocenters. The van der Waals surface area contributed by atoms with E-state index < -0.39 is 16.6 Å². The Kier molecular flexibility index (Phi) is 5.41. The fourth-order valence-corrected chi connectivity index (χ4v) is 2.21. The Hall–Kier alpha value is -2.04. The van der Waals surface area contributed by atoms with E-state index in [4.69, 9.17) is 5.11 Å². The number of rotatable bonds is 6. The molecule has 0 aromatic carbocycles. The van der Waals surface area contributed by atoms with Crippen LogP contribution in [0.5, 0.6) is 0 Å². The number of aromatic nitrogens is 2. The standard InChI is InChI=1S/C12H20N6O4/c1-15-2-4-16(5-3-15)9-13-12(20)10-8-17(6-7-19)14-11(10)18(21)22/h8,19H,2-7,9H2,1H3,(H,13,20). The van der Waals surface area contributed by atoms with E-state index in [1.54, 1.807) is 0 Å². The predicted molar refractivity (Wildman–Crippen MR) is 77.4 cm³/mol. The summed E-state index contributed by atoms with van der Waals surface area (Å²) < 4.78 is 1.20. The van der Waals surface area contributed by atoms with Crippen molar-refractivity contribution in [2.75, 3.05) is 46.5 Å². The van der Waals surface area contributed by atoms with Gasteiger partial charge in [0.15, 0.2) is 5.56 Å². The van der Waals surface area contributed by atoms with Crippen molar-refractivity contribution in [3.63, 3.8) is 0 Å². The summed E-state index contributed by atoms with van der Waals surface area (Å²) >= 11 is 0. The van der Waals surface area contributed by atoms with E-state index in [1.165, 1.54) is 10.9 Å². The summed E-state index contributed by atoms with van der Waals surface area (Å²) in [5.41, 5.74) is -0.0902. The average Bonchev–Trinajstić information content (AvgIpc) is 2.91. The Morgan fingerprint density at radius 2 is 2.14 bits per heavy atom. The highest BCUT2D eigenvalue weighted by Gasteiger charge is 2.26. The molecule has 10 heteroatoms. The van der Waals surface area contributed by atoms with E-state index in [1.807, 2.05) is 7.05 Å². The number of hydrogen-bond donors (Lipinski definition) is 2. The SMILES string of the molecule is CN1CCN(CNC(=O)c2cn(CCO)nc2[N+](=O)[O-])CC1. The number of aliphatic hydroxyl groups is 1. The van der Waals surface area contributed by atoms with E-state index in [0.717, 1.165) is 26.2 Å². The number of nitrogens with zero attached hydrogens (tertiary/aromatic N) is 5. The van der Waals surface area contributed by atoms with Crippen LogP contribution in [0, 0.1) is 10.1 Å². The number of nitrogens with one attached hydrogen (secondary N) is 1. The molecular formula is C12H20N6O4.